The average Bonchev–Trinajstić information content (AvgIpc) is 3.08. The molecule has 0 atom stereocenters. The largest absolute Gasteiger partial charge is 0.365 e. The van der Waals surface area contributed by atoms with Gasteiger partial charge in [-0.25, -0.2) is 9.36 Å². The summed E-state index contributed by atoms with van der Waals surface area (Å²) in [4.78, 5) is 29.8. The van der Waals surface area contributed by atoms with Crippen molar-refractivity contribution in [2.24, 2.45) is 0 Å². The number of rotatable bonds is 11. The van der Waals surface area contributed by atoms with E-state index in [1.807, 2.05) is 67.6 Å². The maximum atomic E-state index is 13.8. The molecular formula is C38H41N3O3. The van der Waals surface area contributed by atoms with E-state index < -0.39 is 0 Å². The molecule has 0 saturated carbocycles. The molecule has 0 unspecified atom stereocenters. The quantitative estimate of drug-likeness (QED) is 0.160. The van der Waals surface area contributed by atoms with Crippen molar-refractivity contribution in [1.82, 2.24) is 14.0 Å². The molecule has 6 heteroatoms. The van der Waals surface area contributed by atoms with Gasteiger partial charge in [-0.15, -0.1) is 0 Å². The number of aryl methyl sites for hydroxylation is 2. The number of para-hydroxylation sites is 2. The van der Waals surface area contributed by atoms with Crippen LogP contribution >= 0.6 is 0 Å². The number of likely N-dealkylation sites (tertiary alicyclic amines) is 1. The Hall–Kier alpha value is -4.26. The zero-order valence-electron chi connectivity index (χ0n) is 25.5. The Labute approximate surface area is 259 Å². The standard InChI is InChI=1S/C38H41N3O3/c1-2-29-15-9-11-21-34(29)41-37(42)33-20-10-12-22-35(33)40(38(41)43)26-14-13-25-39-27-23-32(24-28-39)44-36(30-16-5-3-6-17-30)31-18-7-4-8-19-31/h3-12,15-22,32,36H,2,13-14,23-28H2,1H3. The van der Waals surface area contributed by atoms with Gasteiger partial charge in [-0.3, -0.25) is 9.36 Å². The van der Waals surface area contributed by atoms with Gasteiger partial charge in [0, 0.05) is 19.6 Å². The van der Waals surface area contributed by atoms with E-state index in [4.69, 9.17) is 4.74 Å². The Morgan fingerprint density at radius 1 is 0.727 bits per heavy atom. The van der Waals surface area contributed by atoms with Crippen molar-refractivity contribution in [2.75, 3.05) is 19.6 Å². The van der Waals surface area contributed by atoms with Crippen molar-refractivity contribution in [3.05, 3.63) is 147 Å². The minimum Gasteiger partial charge on any atom is -0.365 e. The molecule has 2 heterocycles. The second-order valence-corrected chi connectivity index (χ2v) is 11.7. The molecule has 4 aromatic carbocycles. The van der Waals surface area contributed by atoms with Crippen LogP contribution in [0.25, 0.3) is 16.6 Å². The number of aromatic nitrogens is 2. The minimum atomic E-state index is -0.265. The van der Waals surface area contributed by atoms with Crippen molar-refractivity contribution in [3.8, 4) is 5.69 Å². The number of piperidine rings is 1. The van der Waals surface area contributed by atoms with Crippen molar-refractivity contribution < 1.29 is 4.74 Å². The number of hydrogen-bond acceptors (Lipinski definition) is 4. The molecule has 0 spiro atoms. The second-order valence-electron chi connectivity index (χ2n) is 11.7. The molecule has 6 nitrogen and oxygen atoms in total. The normalized spacial score (nSPS) is 14.4. The third-order valence-corrected chi connectivity index (χ3v) is 8.84. The summed E-state index contributed by atoms with van der Waals surface area (Å²) in [6, 6.07) is 36.2. The Balaban J connectivity index is 1.09. The third kappa shape index (κ3) is 6.47. The van der Waals surface area contributed by atoms with E-state index in [1.165, 1.54) is 15.7 Å². The summed E-state index contributed by atoms with van der Waals surface area (Å²) in [5.74, 6) is 0. The molecule has 44 heavy (non-hydrogen) atoms. The van der Waals surface area contributed by atoms with Gasteiger partial charge in [0.1, 0.15) is 6.10 Å². The Bertz CT molecular complexity index is 1750. The first kappa shape index (κ1) is 29.8. The van der Waals surface area contributed by atoms with E-state index in [2.05, 4.69) is 53.4 Å². The van der Waals surface area contributed by atoms with Gasteiger partial charge in [-0.05, 0) is 73.5 Å². The van der Waals surface area contributed by atoms with E-state index in [0.29, 0.717) is 23.1 Å². The van der Waals surface area contributed by atoms with Crippen molar-refractivity contribution in [1.29, 1.82) is 0 Å². The van der Waals surface area contributed by atoms with Crippen molar-refractivity contribution in [3.63, 3.8) is 0 Å². The van der Waals surface area contributed by atoms with Crippen LogP contribution in [0.3, 0.4) is 0 Å². The van der Waals surface area contributed by atoms with Crippen LogP contribution < -0.4 is 11.2 Å². The van der Waals surface area contributed by atoms with Crippen LogP contribution in [0.15, 0.2) is 119 Å². The average molecular weight is 588 g/mol. The fourth-order valence-electron chi connectivity index (χ4n) is 6.45. The van der Waals surface area contributed by atoms with Gasteiger partial charge in [-0.1, -0.05) is 97.9 Å². The van der Waals surface area contributed by atoms with E-state index in [9.17, 15) is 9.59 Å². The fraction of sp³-hybridized carbons (Fsp3) is 0.316. The van der Waals surface area contributed by atoms with E-state index in [-0.39, 0.29) is 23.5 Å². The number of fused-ring (bicyclic) bond motifs is 1. The Kier molecular flexibility index (Phi) is 9.49. The van der Waals surface area contributed by atoms with Crippen LogP contribution in [-0.4, -0.2) is 39.8 Å². The van der Waals surface area contributed by atoms with Crippen LogP contribution in [0, 0.1) is 0 Å². The summed E-state index contributed by atoms with van der Waals surface area (Å²) in [5.41, 5.74) is 4.23. The van der Waals surface area contributed by atoms with Gasteiger partial charge < -0.3 is 9.64 Å². The number of benzene rings is 4. The van der Waals surface area contributed by atoms with Gasteiger partial charge in [0.2, 0.25) is 0 Å². The lowest BCUT2D eigenvalue weighted by atomic mass is 10.00. The molecule has 1 fully saturated rings. The molecule has 1 aromatic heterocycles. The van der Waals surface area contributed by atoms with Gasteiger partial charge in [0.25, 0.3) is 5.56 Å². The van der Waals surface area contributed by atoms with Crippen LogP contribution in [0.2, 0.25) is 0 Å². The molecular weight excluding hydrogens is 546 g/mol. The predicted octanol–water partition coefficient (Wildman–Crippen LogP) is 6.77. The lowest BCUT2D eigenvalue weighted by Crippen LogP contribution is -2.40. The summed E-state index contributed by atoms with van der Waals surface area (Å²) < 4.78 is 9.88. The van der Waals surface area contributed by atoms with Crippen molar-refractivity contribution in [2.45, 2.75) is 57.8 Å². The highest BCUT2D eigenvalue weighted by molar-refractivity contribution is 5.78. The van der Waals surface area contributed by atoms with Crippen LogP contribution in [-0.2, 0) is 17.7 Å². The van der Waals surface area contributed by atoms with Gasteiger partial charge >= 0.3 is 5.69 Å². The smallest absolute Gasteiger partial charge is 0.336 e. The summed E-state index contributed by atoms with van der Waals surface area (Å²) >= 11 is 0. The highest BCUT2D eigenvalue weighted by Gasteiger charge is 2.24. The van der Waals surface area contributed by atoms with Gasteiger partial charge in [0.15, 0.2) is 0 Å². The summed E-state index contributed by atoms with van der Waals surface area (Å²) in [6.07, 6.45) is 4.74. The fourth-order valence-corrected chi connectivity index (χ4v) is 6.45. The second kappa shape index (κ2) is 14.0. The minimum absolute atomic E-state index is 0.0605. The zero-order chi connectivity index (χ0) is 30.3. The van der Waals surface area contributed by atoms with Crippen LogP contribution in [0.5, 0.6) is 0 Å². The van der Waals surface area contributed by atoms with E-state index >= 15 is 0 Å². The molecule has 0 aliphatic carbocycles. The monoisotopic (exact) mass is 587 g/mol. The van der Waals surface area contributed by atoms with Crippen LogP contribution in [0.1, 0.15) is 55.4 Å². The van der Waals surface area contributed by atoms with Gasteiger partial charge in [-0.2, -0.15) is 0 Å². The number of unbranched alkanes of at least 4 members (excludes halogenated alkanes) is 1. The summed E-state index contributed by atoms with van der Waals surface area (Å²) in [7, 11) is 0. The lowest BCUT2D eigenvalue weighted by molar-refractivity contribution is -0.0271. The van der Waals surface area contributed by atoms with Crippen molar-refractivity contribution >= 4 is 10.9 Å². The first-order valence-corrected chi connectivity index (χ1v) is 15.9. The Morgan fingerprint density at radius 3 is 2.00 bits per heavy atom. The molecule has 1 aliphatic heterocycles. The highest BCUT2D eigenvalue weighted by Crippen LogP contribution is 2.30. The molecule has 0 amide bonds. The molecule has 0 radical (unpaired) electrons. The van der Waals surface area contributed by atoms with Crippen LogP contribution in [0.4, 0.5) is 0 Å². The zero-order valence-corrected chi connectivity index (χ0v) is 25.5. The Morgan fingerprint density at radius 2 is 1.32 bits per heavy atom. The molecule has 5 aromatic rings. The first-order valence-electron chi connectivity index (χ1n) is 15.9. The highest BCUT2D eigenvalue weighted by atomic mass is 16.5. The molecule has 1 aliphatic rings. The molecule has 1 saturated heterocycles. The van der Waals surface area contributed by atoms with E-state index in [0.717, 1.165) is 57.3 Å². The summed E-state index contributed by atoms with van der Waals surface area (Å²) in [5, 5.41) is 0.574. The molecule has 0 bridgehead atoms. The maximum absolute atomic E-state index is 13.8. The van der Waals surface area contributed by atoms with E-state index in [1.54, 1.807) is 4.57 Å². The summed E-state index contributed by atoms with van der Waals surface area (Å²) in [6.45, 7) is 5.61. The predicted molar refractivity (Wildman–Crippen MR) is 178 cm³/mol. The topological polar surface area (TPSA) is 56.5 Å². The maximum Gasteiger partial charge on any atom is 0.336 e. The molecule has 0 N–H and O–H groups in total. The number of ether oxygens (including phenoxy) is 1. The third-order valence-electron chi connectivity index (χ3n) is 8.84. The number of nitrogens with zero attached hydrogens (tertiary/aromatic N) is 3. The SMILES string of the molecule is CCc1ccccc1-n1c(=O)c2ccccc2n(CCCCN2CCC(OC(c3ccccc3)c3ccccc3)CC2)c1=O. The molecule has 6 rings (SSSR count). The van der Waals surface area contributed by atoms with Gasteiger partial charge in [0.05, 0.1) is 22.7 Å². The number of hydrogen-bond donors (Lipinski definition) is 0. The lowest BCUT2D eigenvalue weighted by Gasteiger charge is -2.34. The first-order chi connectivity index (χ1) is 21.6. The molecule has 226 valence electrons.